The first-order valence-electron chi connectivity index (χ1n) is 30.9. The Morgan fingerprint density at radius 2 is 0.922 bits per heavy atom. The Morgan fingerprint density at radius 1 is 0.478 bits per heavy atom. The molecule has 2 fully saturated rings. The van der Waals surface area contributed by atoms with Crippen molar-refractivity contribution in [2.75, 3.05) is 10.6 Å². The summed E-state index contributed by atoms with van der Waals surface area (Å²) in [5.41, 5.74) is 12.4. The number of hydrogen-bond acceptors (Lipinski definition) is 16. The summed E-state index contributed by atoms with van der Waals surface area (Å²) in [5, 5.41) is 22.2. The SMILES string of the molecule is Cn1nc(C(=O)c2ccccc2)c2c1-c1nc(NC3CCCCC3)ncc1CC2.Cn1nc(C(=O)c2ccccc2)c2c1-c1nc(S(=O)(=O)Cc3ccccc3)ncc1CC2.Cn1nc(C(=O)c2ccccc2)c2ccc3cnc(NC4CCCCC4)nc3c21. The number of nitrogens with one attached hydrogen (secondary N) is 2. The van der Waals surface area contributed by atoms with Gasteiger partial charge in [-0.2, -0.15) is 15.3 Å². The van der Waals surface area contributed by atoms with Gasteiger partial charge in [-0.25, -0.2) is 38.3 Å². The summed E-state index contributed by atoms with van der Waals surface area (Å²) < 4.78 is 31.1. The third kappa shape index (κ3) is 12.2. The quantitative estimate of drug-likeness (QED) is 0.0805. The molecule has 6 heterocycles. The molecule has 4 aliphatic carbocycles. The number of sulfone groups is 1. The van der Waals surface area contributed by atoms with Crippen molar-refractivity contribution in [2.45, 2.75) is 113 Å². The topological polar surface area (TPSA) is 240 Å². The number of aromatic nitrogens is 12. The number of aryl methyl sites for hydroxylation is 5. The molecule has 0 spiro atoms. The molecular formula is C70H68N14O5S. The minimum atomic E-state index is -3.73. The zero-order valence-electron chi connectivity index (χ0n) is 50.5. The number of anilines is 2. The van der Waals surface area contributed by atoms with Gasteiger partial charge in [-0.15, -0.1) is 0 Å². The van der Waals surface area contributed by atoms with Gasteiger partial charge >= 0.3 is 0 Å². The molecule has 15 rings (SSSR count). The molecule has 11 aromatic rings. The lowest BCUT2D eigenvalue weighted by Gasteiger charge is -2.24. The summed E-state index contributed by atoms with van der Waals surface area (Å²) in [4.78, 5) is 66.5. The van der Waals surface area contributed by atoms with E-state index in [1.807, 2.05) is 124 Å². The number of ketones is 3. The zero-order valence-corrected chi connectivity index (χ0v) is 51.3. The molecule has 0 amide bonds. The molecule has 6 aromatic heterocycles. The summed E-state index contributed by atoms with van der Waals surface area (Å²) in [5.74, 6) is 0.889. The van der Waals surface area contributed by atoms with Gasteiger partial charge in [0, 0.05) is 90.4 Å². The van der Waals surface area contributed by atoms with Crippen LogP contribution in [0.15, 0.2) is 157 Å². The van der Waals surface area contributed by atoms with Crippen molar-refractivity contribution in [3.8, 4) is 22.8 Å². The summed E-state index contributed by atoms with van der Waals surface area (Å²) in [6.45, 7) is 0. The lowest BCUT2D eigenvalue weighted by molar-refractivity contribution is 0.102. The van der Waals surface area contributed by atoms with Crippen molar-refractivity contribution in [3.63, 3.8) is 0 Å². The van der Waals surface area contributed by atoms with Crippen LogP contribution in [0.5, 0.6) is 0 Å². The lowest BCUT2D eigenvalue weighted by atomic mass is 9.91. The number of carbonyl (C=O) groups is 3. The van der Waals surface area contributed by atoms with E-state index in [1.54, 1.807) is 63.7 Å². The zero-order chi connectivity index (χ0) is 61.9. The largest absolute Gasteiger partial charge is 0.351 e. The van der Waals surface area contributed by atoms with Crippen LogP contribution in [0.2, 0.25) is 0 Å². The van der Waals surface area contributed by atoms with E-state index in [-0.39, 0.29) is 28.3 Å². The van der Waals surface area contributed by atoms with Crippen LogP contribution in [0.25, 0.3) is 44.6 Å². The molecule has 0 saturated heterocycles. The molecule has 0 aliphatic heterocycles. The van der Waals surface area contributed by atoms with Gasteiger partial charge in [0.05, 0.1) is 34.0 Å². The monoisotopic (exact) mass is 1220 g/mol. The van der Waals surface area contributed by atoms with Crippen LogP contribution in [-0.2, 0) is 62.4 Å². The molecule has 0 unspecified atom stereocenters. The summed E-state index contributed by atoms with van der Waals surface area (Å²) in [6.07, 6.45) is 20.5. The maximum atomic E-state index is 13.1. The first-order chi connectivity index (χ1) is 43.8. The van der Waals surface area contributed by atoms with Crippen molar-refractivity contribution in [3.05, 3.63) is 214 Å². The number of hydrogen-bond donors (Lipinski definition) is 2. The minimum absolute atomic E-state index is 0.0273. The van der Waals surface area contributed by atoms with Gasteiger partial charge in [0.15, 0.2) is 0 Å². The van der Waals surface area contributed by atoms with E-state index in [0.717, 1.165) is 81.1 Å². The van der Waals surface area contributed by atoms with Gasteiger partial charge in [0.2, 0.25) is 44.2 Å². The first-order valence-corrected chi connectivity index (χ1v) is 32.6. The molecule has 2 saturated carbocycles. The van der Waals surface area contributed by atoms with Gasteiger partial charge in [-0.3, -0.25) is 28.4 Å². The standard InChI is InChI=1S/C24H20N4O3S.C23H25N5O.C23H23N5O/c1-28-22-19(21(27-28)23(29)17-10-6-3-7-11-17)13-12-18-14-25-24(26-20(18)22)32(30,31)15-16-8-4-2-5-9-16;2*1-28-21-18(20(27-28)22(29)15-8-4-2-5-9-15)13-12-16-14-24-23(26-19(16)21)25-17-10-6-3-7-11-17/h2-11,14H,12-13,15H2,1H3;2,4-5,8-9,14,17H,3,6-7,10-13H2,1H3,(H,24,25,26);2,4-5,8-9,12-14,17H,3,6-7,10-11H2,1H3,(H,24,25,26). The van der Waals surface area contributed by atoms with Crippen LogP contribution in [0.4, 0.5) is 11.9 Å². The fraction of sp³-hybridized carbons (Fsp3) is 0.286. The molecule has 2 N–H and O–H groups in total. The lowest BCUT2D eigenvalue weighted by Crippen LogP contribution is -2.24. The number of rotatable bonds is 13. The van der Waals surface area contributed by atoms with E-state index in [2.05, 4.69) is 45.9 Å². The second-order valence-electron chi connectivity index (χ2n) is 23.5. The molecule has 4 aliphatic rings. The molecule has 0 atom stereocenters. The summed E-state index contributed by atoms with van der Waals surface area (Å²) in [6, 6.07) is 41.4. The third-order valence-corrected chi connectivity index (χ3v) is 18.9. The number of benzene rings is 5. The number of carbonyl (C=O) groups excluding carboxylic acids is 3. The molecule has 0 radical (unpaired) electrons. The van der Waals surface area contributed by atoms with Crippen molar-refractivity contribution in [2.24, 2.45) is 21.1 Å². The Bertz CT molecular complexity index is 4600. The van der Waals surface area contributed by atoms with Crippen molar-refractivity contribution < 1.29 is 22.8 Å². The number of fused-ring (bicyclic) bond motifs is 9. The van der Waals surface area contributed by atoms with E-state index in [0.29, 0.717) is 87.5 Å². The van der Waals surface area contributed by atoms with Gasteiger partial charge < -0.3 is 10.6 Å². The Hall–Kier alpha value is -9.95. The van der Waals surface area contributed by atoms with Crippen LogP contribution < -0.4 is 10.6 Å². The van der Waals surface area contributed by atoms with Gasteiger partial charge in [0.1, 0.15) is 22.6 Å². The average Bonchev–Trinajstić information content (AvgIpc) is 1.63. The number of nitrogens with zero attached hydrogens (tertiary/aromatic N) is 12. The van der Waals surface area contributed by atoms with Gasteiger partial charge in [-0.1, -0.05) is 166 Å². The molecule has 0 bridgehead atoms. The van der Waals surface area contributed by atoms with E-state index < -0.39 is 9.84 Å². The maximum Gasteiger partial charge on any atom is 0.248 e. The fourth-order valence-corrected chi connectivity index (χ4v) is 14.1. The Kier molecular flexibility index (Phi) is 16.8. The first kappa shape index (κ1) is 59.0. The van der Waals surface area contributed by atoms with Gasteiger partial charge in [0.25, 0.3) is 0 Å². The average molecular weight is 1220 g/mol. The second-order valence-corrected chi connectivity index (χ2v) is 25.4. The Labute approximate surface area is 521 Å². The van der Waals surface area contributed by atoms with Crippen LogP contribution in [0, 0.1) is 0 Å². The van der Waals surface area contributed by atoms with Crippen molar-refractivity contribution >= 4 is 60.9 Å². The molecule has 5 aromatic carbocycles. The highest BCUT2D eigenvalue weighted by Crippen LogP contribution is 2.37. The van der Waals surface area contributed by atoms with E-state index >= 15 is 0 Å². The van der Waals surface area contributed by atoms with E-state index in [9.17, 15) is 22.8 Å². The predicted octanol–water partition coefficient (Wildman–Crippen LogP) is 11.6. The third-order valence-electron chi connectivity index (χ3n) is 17.4. The fourth-order valence-electron chi connectivity index (χ4n) is 12.9. The highest BCUT2D eigenvalue weighted by Gasteiger charge is 2.33. The predicted molar refractivity (Wildman–Crippen MR) is 345 cm³/mol. The second kappa shape index (κ2) is 25.6. The molecule has 19 nitrogen and oxygen atoms in total. The van der Waals surface area contributed by atoms with E-state index in [4.69, 9.17) is 9.97 Å². The highest BCUT2D eigenvalue weighted by molar-refractivity contribution is 7.90. The molecule has 20 heteroatoms. The maximum absolute atomic E-state index is 13.1. The normalized spacial score (nSPS) is 14.6. The van der Waals surface area contributed by atoms with Crippen LogP contribution in [-0.4, -0.2) is 97.1 Å². The van der Waals surface area contributed by atoms with Crippen LogP contribution in [0.3, 0.4) is 0 Å². The van der Waals surface area contributed by atoms with Crippen LogP contribution >= 0.6 is 0 Å². The Morgan fingerprint density at radius 3 is 1.44 bits per heavy atom. The van der Waals surface area contributed by atoms with E-state index in [1.165, 1.54) is 51.4 Å². The molecule has 90 heavy (non-hydrogen) atoms. The smallest absolute Gasteiger partial charge is 0.248 e. The van der Waals surface area contributed by atoms with Crippen LogP contribution in [0.1, 0.15) is 140 Å². The highest BCUT2D eigenvalue weighted by atomic mass is 32.2. The molecular weight excluding hydrogens is 1150 g/mol. The van der Waals surface area contributed by atoms with Gasteiger partial charge in [-0.05, 0) is 74.1 Å². The summed E-state index contributed by atoms with van der Waals surface area (Å²) >= 11 is 0. The summed E-state index contributed by atoms with van der Waals surface area (Å²) in [7, 11) is 1.77. The molecule has 454 valence electrons. The minimum Gasteiger partial charge on any atom is -0.351 e. The van der Waals surface area contributed by atoms with Crippen molar-refractivity contribution in [1.29, 1.82) is 0 Å². The van der Waals surface area contributed by atoms with Crippen molar-refractivity contribution in [1.82, 2.24) is 59.2 Å². The Balaban J connectivity index is 0.000000124.